The number of hydrogen-bond acceptors (Lipinski definition) is 5. The number of hydrogen-bond donors (Lipinski definition) is 0. The highest BCUT2D eigenvalue weighted by Crippen LogP contribution is 2.34. The Morgan fingerprint density at radius 3 is 2.40 bits per heavy atom. The maximum atomic E-state index is 14.0. The molecule has 7 heteroatoms. The molecule has 0 saturated carbocycles. The fourth-order valence-corrected chi connectivity index (χ4v) is 5.77. The Bertz CT molecular complexity index is 1590. The molecule has 0 amide bonds. The lowest BCUT2D eigenvalue weighted by atomic mass is 10.1. The third-order valence-electron chi connectivity index (χ3n) is 5.96. The highest BCUT2D eigenvalue weighted by molar-refractivity contribution is 7.91. The van der Waals surface area contributed by atoms with E-state index in [1.807, 2.05) is 91.8 Å². The molecule has 0 bridgehead atoms. The van der Waals surface area contributed by atoms with Crippen LogP contribution in [-0.4, -0.2) is 50.3 Å². The predicted octanol–water partition coefficient (Wildman–Crippen LogP) is 5.01. The van der Waals surface area contributed by atoms with Crippen molar-refractivity contribution in [3.63, 3.8) is 0 Å². The number of sulfone groups is 1. The van der Waals surface area contributed by atoms with E-state index < -0.39 is 9.84 Å². The second-order valence-electron chi connectivity index (χ2n) is 8.76. The van der Waals surface area contributed by atoms with Gasteiger partial charge in [-0.15, -0.1) is 0 Å². The van der Waals surface area contributed by atoms with E-state index in [1.165, 1.54) is 0 Å². The number of aromatic nitrogens is 2. The van der Waals surface area contributed by atoms with Crippen molar-refractivity contribution in [1.29, 1.82) is 0 Å². The van der Waals surface area contributed by atoms with Crippen LogP contribution in [0.15, 0.2) is 101 Å². The molecular formula is C28H27N3O3S. The number of likely N-dealkylation sites (N-methyl/N-ethyl adjacent to an activating group) is 1. The highest BCUT2D eigenvalue weighted by atomic mass is 32.2. The first-order valence-corrected chi connectivity index (χ1v) is 13.0. The molecule has 0 fully saturated rings. The summed E-state index contributed by atoms with van der Waals surface area (Å²) in [5, 5.41) is 6.80. The number of fused-ring (bicyclic) bond motifs is 2. The zero-order valence-electron chi connectivity index (χ0n) is 19.8. The van der Waals surface area contributed by atoms with Crippen LogP contribution in [-0.2, 0) is 16.4 Å². The maximum absolute atomic E-state index is 14.0. The smallest absolute Gasteiger partial charge is 0.226 e. The SMILES string of the molecule is CN(C)CCOc1ccc2c(c1)c(S(=O)(=O)c1cccc3ccccc13)nn2Cc1ccccc1. The van der Waals surface area contributed by atoms with Crippen LogP contribution < -0.4 is 4.74 Å². The Labute approximate surface area is 205 Å². The van der Waals surface area contributed by atoms with Gasteiger partial charge in [-0.3, -0.25) is 4.68 Å². The minimum absolute atomic E-state index is 0.0397. The van der Waals surface area contributed by atoms with Crippen molar-refractivity contribution >= 4 is 31.5 Å². The second kappa shape index (κ2) is 9.52. The standard InChI is InChI=1S/C28H27N3O3S/c1-30(2)17-18-34-23-15-16-26-25(19-23)28(29-31(26)20-21-9-4-3-5-10-21)35(32,33)27-14-8-12-22-11-6-7-13-24(22)27/h3-16,19H,17-18,20H2,1-2H3. The van der Waals surface area contributed by atoms with Crippen molar-refractivity contribution in [1.82, 2.24) is 14.7 Å². The molecule has 0 atom stereocenters. The third-order valence-corrected chi connectivity index (χ3v) is 7.71. The summed E-state index contributed by atoms with van der Waals surface area (Å²) in [6, 6.07) is 28.3. The van der Waals surface area contributed by atoms with Crippen LogP contribution in [0.5, 0.6) is 5.75 Å². The van der Waals surface area contributed by atoms with Gasteiger partial charge in [0.2, 0.25) is 9.84 Å². The molecule has 178 valence electrons. The monoisotopic (exact) mass is 485 g/mol. The van der Waals surface area contributed by atoms with Crippen molar-refractivity contribution in [2.75, 3.05) is 27.2 Å². The maximum Gasteiger partial charge on any atom is 0.226 e. The highest BCUT2D eigenvalue weighted by Gasteiger charge is 2.27. The van der Waals surface area contributed by atoms with Crippen LogP contribution in [0.25, 0.3) is 21.7 Å². The minimum Gasteiger partial charge on any atom is -0.492 e. The quantitative estimate of drug-likeness (QED) is 0.309. The first-order valence-electron chi connectivity index (χ1n) is 11.5. The molecule has 0 N–H and O–H groups in total. The molecule has 5 aromatic rings. The molecule has 35 heavy (non-hydrogen) atoms. The van der Waals surface area contributed by atoms with Gasteiger partial charge in [-0.25, -0.2) is 8.42 Å². The van der Waals surface area contributed by atoms with Gasteiger partial charge in [0, 0.05) is 17.3 Å². The molecule has 0 radical (unpaired) electrons. The van der Waals surface area contributed by atoms with Crippen molar-refractivity contribution in [2.24, 2.45) is 0 Å². The fraction of sp³-hybridized carbons (Fsp3) is 0.179. The van der Waals surface area contributed by atoms with Gasteiger partial charge < -0.3 is 9.64 Å². The van der Waals surface area contributed by atoms with Crippen molar-refractivity contribution in [2.45, 2.75) is 16.5 Å². The van der Waals surface area contributed by atoms with E-state index in [9.17, 15) is 8.42 Å². The van der Waals surface area contributed by atoms with Crippen LogP contribution in [0, 0.1) is 0 Å². The van der Waals surface area contributed by atoms with E-state index in [-0.39, 0.29) is 9.92 Å². The largest absolute Gasteiger partial charge is 0.492 e. The summed E-state index contributed by atoms with van der Waals surface area (Å²) in [5.41, 5.74) is 1.78. The number of nitrogens with zero attached hydrogens (tertiary/aromatic N) is 3. The van der Waals surface area contributed by atoms with Crippen LogP contribution >= 0.6 is 0 Å². The van der Waals surface area contributed by atoms with Gasteiger partial charge in [-0.1, -0.05) is 66.7 Å². The van der Waals surface area contributed by atoms with E-state index >= 15 is 0 Å². The summed E-state index contributed by atoms with van der Waals surface area (Å²) >= 11 is 0. The Morgan fingerprint density at radius 2 is 1.60 bits per heavy atom. The van der Waals surface area contributed by atoms with E-state index in [0.717, 1.165) is 23.0 Å². The zero-order chi connectivity index (χ0) is 24.4. The molecule has 0 saturated heterocycles. The van der Waals surface area contributed by atoms with Crippen molar-refractivity contribution < 1.29 is 13.2 Å². The zero-order valence-corrected chi connectivity index (χ0v) is 20.6. The molecule has 0 unspecified atom stereocenters. The second-order valence-corrected chi connectivity index (χ2v) is 10.6. The number of rotatable bonds is 8. The Kier molecular flexibility index (Phi) is 6.28. The van der Waals surface area contributed by atoms with Gasteiger partial charge in [0.1, 0.15) is 12.4 Å². The lowest BCUT2D eigenvalue weighted by Gasteiger charge is -2.11. The molecule has 0 aliphatic rings. The average molecular weight is 486 g/mol. The van der Waals surface area contributed by atoms with Crippen molar-refractivity contribution in [3.8, 4) is 5.75 Å². The molecule has 4 aromatic carbocycles. The Balaban J connectivity index is 1.66. The Hall–Kier alpha value is -3.68. The van der Waals surface area contributed by atoms with Gasteiger partial charge in [-0.2, -0.15) is 5.10 Å². The van der Waals surface area contributed by atoms with Gasteiger partial charge in [-0.05, 0) is 49.3 Å². The fourth-order valence-electron chi connectivity index (χ4n) is 4.17. The van der Waals surface area contributed by atoms with E-state index in [0.29, 0.717) is 29.7 Å². The normalized spacial score (nSPS) is 12.0. The first kappa shape index (κ1) is 23.1. The molecule has 6 nitrogen and oxygen atoms in total. The van der Waals surface area contributed by atoms with Gasteiger partial charge in [0.05, 0.1) is 17.0 Å². The summed E-state index contributed by atoms with van der Waals surface area (Å²) in [6.45, 7) is 1.72. The minimum atomic E-state index is -3.91. The third kappa shape index (κ3) is 4.65. The summed E-state index contributed by atoms with van der Waals surface area (Å²) in [6.07, 6.45) is 0. The lowest BCUT2D eigenvalue weighted by Crippen LogP contribution is -2.19. The lowest BCUT2D eigenvalue weighted by molar-refractivity contribution is 0.261. The topological polar surface area (TPSA) is 64.4 Å². The van der Waals surface area contributed by atoms with Crippen LogP contribution in [0.4, 0.5) is 0 Å². The molecule has 1 aromatic heterocycles. The molecule has 5 rings (SSSR count). The van der Waals surface area contributed by atoms with Crippen LogP contribution in [0.1, 0.15) is 5.56 Å². The first-order chi connectivity index (χ1) is 16.9. The van der Waals surface area contributed by atoms with Gasteiger partial charge >= 0.3 is 0 Å². The predicted molar refractivity (Wildman–Crippen MR) is 139 cm³/mol. The number of ether oxygens (including phenoxy) is 1. The summed E-state index contributed by atoms with van der Waals surface area (Å²) < 4.78 is 35.7. The molecule has 0 aliphatic heterocycles. The average Bonchev–Trinajstić information content (AvgIpc) is 3.22. The van der Waals surface area contributed by atoms with Crippen LogP contribution in [0.3, 0.4) is 0 Å². The van der Waals surface area contributed by atoms with Crippen LogP contribution in [0.2, 0.25) is 0 Å². The van der Waals surface area contributed by atoms with Crippen molar-refractivity contribution in [3.05, 3.63) is 96.6 Å². The Morgan fingerprint density at radius 1 is 0.857 bits per heavy atom. The summed E-state index contributed by atoms with van der Waals surface area (Å²) in [5.74, 6) is 0.619. The molecule has 0 aliphatic carbocycles. The van der Waals surface area contributed by atoms with E-state index in [4.69, 9.17) is 4.74 Å². The van der Waals surface area contributed by atoms with E-state index in [1.54, 1.807) is 22.9 Å². The van der Waals surface area contributed by atoms with E-state index in [2.05, 4.69) is 5.10 Å². The summed E-state index contributed by atoms with van der Waals surface area (Å²) in [7, 11) is 0.0523. The molecular weight excluding hydrogens is 458 g/mol. The molecule has 0 spiro atoms. The number of benzene rings is 4. The van der Waals surface area contributed by atoms with Gasteiger partial charge in [0.15, 0.2) is 5.03 Å². The summed E-state index contributed by atoms with van der Waals surface area (Å²) in [4.78, 5) is 2.29. The molecule has 1 heterocycles. The van der Waals surface area contributed by atoms with Gasteiger partial charge in [0.25, 0.3) is 0 Å².